The maximum Gasteiger partial charge on any atom is 0.314 e. The minimum Gasteiger partial charge on any atom is -0.495 e. The molecule has 8 nitrogen and oxygen atoms in total. The van der Waals surface area contributed by atoms with Crippen molar-refractivity contribution >= 4 is 34.8 Å². The van der Waals surface area contributed by atoms with Crippen molar-refractivity contribution in [1.29, 1.82) is 0 Å². The van der Waals surface area contributed by atoms with Crippen molar-refractivity contribution in [2.45, 2.75) is 12.8 Å². The number of carbonyl (C=O) groups excluding carboxylic acids is 3. The zero-order valence-electron chi connectivity index (χ0n) is 15.7. The summed E-state index contributed by atoms with van der Waals surface area (Å²) in [4.78, 5) is 38.0. The van der Waals surface area contributed by atoms with Crippen LogP contribution in [0.4, 0.5) is 17.1 Å². The lowest BCUT2D eigenvalue weighted by Crippen LogP contribution is -2.29. The molecule has 146 valence electrons. The Balaban J connectivity index is 1.71. The van der Waals surface area contributed by atoms with Crippen molar-refractivity contribution in [2.24, 2.45) is 0 Å². The van der Waals surface area contributed by atoms with Crippen LogP contribution >= 0.6 is 0 Å². The number of benzene rings is 2. The van der Waals surface area contributed by atoms with Gasteiger partial charge in [-0.1, -0.05) is 12.1 Å². The molecule has 3 rings (SSSR count). The summed E-state index contributed by atoms with van der Waals surface area (Å²) in [6.07, 6.45) is 1.30. The molecule has 28 heavy (non-hydrogen) atoms. The minimum absolute atomic E-state index is 0.0336. The Kier molecular flexibility index (Phi) is 5.78. The van der Waals surface area contributed by atoms with E-state index < -0.39 is 11.8 Å². The maximum absolute atomic E-state index is 12.2. The summed E-state index contributed by atoms with van der Waals surface area (Å²) in [7, 11) is 2.96. The first-order valence-corrected chi connectivity index (χ1v) is 8.77. The number of carbonyl (C=O) groups is 3. The van der Waals surface area contributed by atoms with E-state index in [0.29, 0.717) is 41.5 Å². The summed E-state index contributed by atoms with van der Waals surface area (Å²) in [5.41, 5.74) is 1.42. The molecule has 0 unspecified atom stereocenters. The molecule has 0 radical (unpaired) electrons. The van der Waals surface area contributed by atoms with Gasteiger partial charge < -0.3 is 25.0 Å². The average molecular weight is 383 g/mol. The lowest BCUT2D eigenvalue weighted by molar-refractivity contribution is -0.133. The van der Waals surface area contributed by atoms with Gasteiger partial charge in [-0.05, 0) is 30.7 Å². The first kappa shape index (κ1) is 19.2. The Labute approximate surface area is 162 Å². The van der Waals surface area contributed by atoms with Crippen LogP contribution in [-0.2, 0) is 14.4 Å². The predicted octanol–water partition coefficient (Wildman–Crippen LogP) is 2.41. The summed E-state index contributed by atoms with van der Waals surface area (Å²) < 4.78 is 10.5. The van der Waals surface area contributed by atoms with Crippen LogP contribution in [0.5, 0.6) is 11.5 Å². The van der Waals surface area contributed by atoms with Crippen LogP contribution in [-0.4, -0.2) is 38.5 Å². The van der Waals surface area contributed by atoms with Crippen molar-refractivity contribution in [3.8, 4) is 11.5 Å². The van der Waals surface area contributed by atoms with Crippen molar-refractivity contribution in [3.63, 3.8) is 0 Å². The van der Waals surface area contributed by atoms with Gasteiger partial charge in [0.15, 0.2) is 0 Å². The third-order valence-electron chi connectivity index (χ3n) is 4.36. The van der Waals surface area contributed by atoms with Gasteiger partial charge in [-0.25, -0.2) is 0 Å². The van der Waals surface area contributed by atoms with Gasteiger partial charge in [-0.2, -0.15) is 0 Å². The first-order chi connectivity index (χ1) is 13.5. The number of amides is 3. The van der Waals surface area contributed by atoms with E-state index in [-0.39, 0.29) is 5.91 Å². The highest BCUT2D eigenvalue weighted by Gasteiger charge is 2.25. The monoisotopic (exact) mass is 383 g/mol. The van der Waals surface area contributed by atoms with E-state index in [1.807, 2.05) is 0 Å². The Bertz CT molecular complexity index is 912. The van der Waals surface area contributed by atoms with Crippen molar-refractivity contribution in [2.75, 3.05) is 36.3 Å². The number of para-hydroxylation sites is 2. The van der Waals surface area contributed by atoms with Gasteiger partial charge in [0.25, 0.3) is 0 Å². The minimum atomic E-state index is -0.835. The zero-order chi connectivity index (χ0) is 20.1. The van der Waals surface area contributed by atoms with Crippen LogP contribution in [0, 0.1) is 0 Å². The van der Waals surface area contributed by atoms with E-state index in [2.05, 4.69) is 10.6 Å². The number of nitrogens with zero attached hydrogens (tertiary/aromatic N) is 1. The largest absolute Gasteiger partial charge is 0.495 e. The van der Waals surface area contributed by atoms with E-state index >= 15 is 0 Å². The number of ether oxygens (including phenoxy) is 2. The molecule has 1 heterocycles. The van der Waals surface area contributed by atoms with Gasteiger partial charge >= 0.3 is 11.8 Å². The van der Waals surface area contributed by atoms with Crippen LogP contribution < -0.4 is 25.0 Å². The molecule has 0 aliphatic carbocycles. The molecule has 8 heteroatoms. The molecular formula is C20H21N3O5. The van der Waals surface area contributed by atoms with Crippen molar-refractivity contribution < 1.29 is 23.9 Å². The molecule has 0 saturated carbocycles. The molecule has 0 bridgehead atoms. The predicted molar refractivity (Wildman–Crippen MR) is 105 cm³/mol. The highest BCUT2D eigenvalue weighted by atomic mass is 16.5. The third kappa shape index (κ3) is 4.06. The molecule has 3 amide bonds. The van der Waals surface area contributed by atoms with Crippen LogP contribution in [0.3, 0.4) is 0 Å². The van der Waals surface area contributed by atoms with Gasteiger partial charge in [0, 0.05) is 24.7 Å². The average Bonchev–Trinajstić information content (AvgIpc) is 3.13. The Morgan fingerprint density at radius 1 is 0.964 bits per heavy atom. The number of rotatable bonds is 5. The molecule has 0 aromatic heterocycles. The SMILES string of the molecule is COc1ccccc1NC(=O)C(=O)Nc1ccc(N2CCCC2=O)c(OC)c1. The summed E-state index contributed by atoms with van der Waals surface area (Å²) in [5, 5.41) is 5.04. The van der Waals surface area contributed by atoms with Gasteiger partial charge in [0.2, 0.25) is 5.91 Å². The van der Waals surface area contributed by atoms with E-state index in [0.717, 1.165) is 6.42 Å². The van der Waals surface area contributed by atoms with Crippen molar-refractivity contribution in [1.82, 2.24) is 0 Å². The Hall–Kier alpha value is -3.55. The van der Waals surface area contributed by atoms with Gasteiger partial charge in [0.05, 0.1) is 25.6 Å². The fraction of sp³-hybridized carbons (Fsp3) is 0.250. The van der Waals surface area contributed by atoms with Crippen LogP contribution in [0.1, 0.15) is 12.8 Å². The molecule has 2 aromatic rings. The van der Waals surface area contributed by atoms with E-state index in [1.165, 1.54) is 14.2 Å². The van der Waals surface area contributed by atoms with Crippen molar-refractivity contribution in [3.05, 3.63) is 42.5 Å². The maximum atomic E-state index is 12.2. The van der Waals surface area contributed by atoms with Gasteiger partial charge in [-0.15, -0.1) is 0 Å². The second kappa shape index (κ2) is 8.43. The molecule has 1 aliphatic rings. The van der Waals surface area contributed by atoms with Gasteiger partial charge in [0.1, 0.15) is 11.5 Å². The van der Waals surface area contributed by atoms with E-state index in [4.69, 9.17) is 9.47 Å². The molecular weight excluding hydrogens is 362 g/mol. The molecule has 1 saturated heterocycles. The number of hydrogen-bond donors (Lipinski definition) is 2. The summed E-state index contributed by atoms with van der Waals surface area (Å²) in [6.45, 7) is 0.627. The van der Waals surface area contributed by atoms with Crippen LogP contribution in [0.15, 0.2) is 42.5 Å². The second-order valence-electron chi connectivity index (χ2n) is 6.14. The summed E-state index contributed by atoms with van der Waals surface area (Å²) in [5.74, 6) is -0.741. The third-order valence-corrected chi connectivity index (χ3v) is 4.36. The second-order valence-corrected chi connectivity index (χ2v) is 6.14. The van der Waals surface area contributed by atoms with Crippen LogP contribution in [0.2, 0.25) is 0 Å². The molecule has 1 aliphatic heterocycles. The Morgan fingerprint density at radius 3 is 2.36 bits per heavy atom. The van der Waals surface area contributed by atoms with Gasteiger partial charge in [-0.3, -0.25) is 14.4 Å². The summed E-state index contributed by atoms with van der Waals surface area (Å²) >= 11 is 0. The molecule has 0 atom stereocenters. The molecule has 1 fully saturated rings. The fourth-order valence-corrected chi connectivity index (χ4v) is 3.00. The Morgan fingerprint density at radius 2 is 1.68 bits per heavy atom. The number of hydrogen-bond acceptors (Lipinski definition) is 5. The zero-order valence-corrected chi connectivity index (χ0v) is 15.7. The fourth-order valence-electron chi connectivity index (χ4n) is 3.00. The molecule has 2 aromatic carbocycles. The standard InChI is InChI=1S/C20H21N3O5/c1-27-16-7-4-3-6-14(16)22-20(26)19(25)21-13-9-10-15(17(12-13)28-2)23-11-5-8-18(23)24/h3-4,6-7,9-10,12H,5,8,11H2,1-2H3,(H,21,25)(H,22,26). The smallest absolute Gasteiger partial charge is 0.314 e. The number of anilines is 3. The van der Waals surface area contributed by atoms with E-state index in [9.17, 15) is 14.4 Å². The number of methoxy groups -OCH3 is 2. The number of nitrogens with one attached hydrogen (secondary N) is 2. The van der Waals surface area contributed by atoms with Crippen LogP contribution in [0.25, 0.3) is 0 Å². The first-order valence-electron chi connectivity index (χ1n) is 8.77. The topological polar surface area (TPSA) is 97.0 Å². The highest BCUT2D eigenvalue weighted by Crippen LogP contribution is 2.33. The summed E-state index contributed by atoms with van der Waals surface area (Å²) in [6, 6.07) is 11.7. The lowest BCUT2D eigenvalue weighted by Gasteiger charge is -2.19. The highest BCUT2D eigenvalue weighted by molar-refractivity contribution is 6.43. The quantitative estimate of drug-likeness (QED) is 0.773. The lowest BCUT2D eigenvalue weighted by atomic mass is 10.2. The van der Waals surface area contributed by atoms with E-state index in [1.54, 1.807) is 47.4 Å². The molecule has 0 spiro atoms. The normalized spacial score (nSPS) is 13.2. The molecule has 2 N–H and O–H groups in total.